The molecule has 0 fully saturated rings. The monoisotopic (exact) mass is 278 g/mol. The van der Waals surface area contributed by atoms with Crippen molar-refractivity contribution in [2.45, 2.75) is 0 Å². The average Bonchev–Trinajstić information content (AvgIpc) is 1.65. The molecule has 0 aromatic rings. The van der Waals surface area contributed by atoms with Crippen molar-refractivity contribution >= 4 is 58.2 Å². The largest absolute Gasteiger partial charge is 0.313 e. The molecule has 0 heterocycles. The average molecular weight is 278 g/mol. The Labute approximate surface area is 80.7 Å². The van der Waals surface area contributed by atoms with Gasteiger partial charge in [-0.3, -0.25) is 0 Å². The lowest BCUT2D eigenvalue weighted by molar-refractivity contribution is -0.309. The van der Waals surface area contributed by atoms with Crippen molar-refractivity contribution in [1.29, 1.82) is 0 Å². The number of amidine groups is 1. The molecular weight excluding hydrogens is 269 g/mol. The van der Waals surface area contributed by atoms with Crippen LogP contribution in [0.1, 0.15) is 0 Å². The van der Waals surface area contributed by atoms with Crippen LogP contribution in [0.5, 0.6) is 0 Å². The first-order valence-electron chi connectivity index (χ1n) is 1.89. The number of nitrogens with one attached hydrogen (secondary N) is 1. The zero-order valence-electron chi connectivity index (χ0n) is 4.88. The molecule has 0 aliphatic heterocycles. The number of thioether (sulfide) groups is 1. The lowest BCUT2D eigenvalue weighted by atomic mass is 11.1. The van der Waals surface area contributed by atoms with Crippen LogP contribution in [0.4, 0.5) is 0 Å². The van der Waals surface area contributed by atoms with E-state index in [1.54, 1.807) is 0 Å². The highest BCUT2D eigenvalue weighted by molar-refractivity contribution is 14.0. The van der Waals surface area contributed by atoms with Gasteiger partial charge in [-0.25, -0.2) is 4.99 Å². The van der Waals surface area contributed by atoms with Gasteiger partial charge in [0.05, 0.1) is 0 Å². The summed E-state index contributed by atoms with van der Waals surface area (Å²) in [6.07, 6.45) is 1.83. The van der Waals surface area contributed by atoms with E-state index in [0.29, 0.717) is 5.17 Å². The van der Waals surface area contributed by atoms with E-state index in [0.717, 1.165) is 0 Å². The number of nitrogens with two attached hydrogens (primary N) is 2. The van der Waals surface area contributed by atoms with Gasteiger partial charge in [-0.1, -0.05) is 11.8 Å². The van der Waals surface area contributed by atoms with E-state index < -0.39 is 0 Å². The van der Waals surface area contributed by atoms with Gasteiger partial charge >= 0.3 is 0 Å². The molecule has 0 aromatic carbocycles. The van der Waals surface area contributed by atoms with E-state index in [-0.39, 0.29) is 29.1 Å². The second-order valence-electron chi connectivity index (χ2n) is 1.06. The molecule has 0 rings (SSSR count). The van der Waals surface area contributed by atoms with Crippen LogP contribution in [0.25, 0.3) is 0 Å². The summed E-state index contributed by atoms with van der Waals surface area (Å²) >= 11 is 5.86. The van der Waals surface area contributed by atoms with Crippen LogP contribution < -0.4 is 16.5 Å². The Morgan fingerprint density at radius 1 is 1.56 bits per heavy atom. The van der Waals surface area contributed by atoms with Crippen molar-refractivity contribution in [2.75, 3.05) is 6.26 Å². The molecule has 0 radical (unpaired) electrons. The molecule has 6 heteroatoms. The van der Waals surface area contributed by atoms with E-state index in [4.69, 9.17) is 11.5 Å². The van der Waals surface area contributed by atoms with Crippen LogP contribution in [-0.2, 0) is 0 Å². The molecule has 0 saturated carbocycles. The van der Waals surface area contributed by atoms with Crippen molar-refractivity contribution < 1.29 is 4.99 Å². The summed E-state index contributed by atoms with van der Waals surface area (Å²) in [5, 5.41) is 0.731. The minimum absolute atomic E-state index is 0. The van der Waals surface area contributed by atoms with Gasteiger partial charge in [-0.15, -0.1) is 24.0 Å². The van der Waals surface area contributed by atoms with Crippen LogP contribution in [0, 0.1) is 0 Å². The quantitative estimate of drug-likeness (QED) is 0.221. The van der Waals surface area contributed by atoms with Gasteiger partial charge in [0.25, 0.3) is 10.3 Å². The maximum Gasteiger partial charge on any atom is 0.285 e. The molecule has 0 amide bonds. The fourth-order valence-electron chi connectivity index (χ4n) is 0.172. The zero-order valence-corrected chi connectivity index (χ0v) is 8.84. The summed E-state index contributed by atoms with van der Waals surface area (Å²) in [4.78, 5) is 2.56. The third-order valence-corrected chi connectivity index (χ3v) is 1.11. The van der Waals surface area contributed by atoms with Crippen LogP contribution >= 0.6 is 48.0 Å². The smallest absolute Gasteiger partial charge is 0.285 e. The van der Waals surface area contributed by atoms with Crippen molar-refractivity contribution in [3.8, 4) is 0 Å². The molecule has 9 heavy (non-hydrogen) atoms. The Morgan fingerprint density at radius 2 is 2.00 bits per heavy atom. The molecule has 0 atom stereocenters. The maximum atomic E-state index is 5.27. The topological polar surface area (TPSA) is 66.0 Å². The van der Waals surface area contributed by atoms with Crippen molar-refractivity contribution in [1.82, 2.24) is 0 Å². The number of hydrogen-bond donors (Lipinski definition) is 3. The Morgan fingerprint density at radius 3 is 2.11 bits per heavy atom. The molecule has 5 N–H and O–H groups in total. The first-order chi connectivity index (χ1) is 3.66. The molecule has 0 aliphatic carbocycles. The summed E-state index contributed by atoms with van der Waals surface area (Å²) < 4.78 is 0. The molecule has 54 valence electrons. The first kappa shape index (κ1) is 12.1. The molecule has 3 nitrogen and oxygen atoms in total. The van der Waals surface area contributed by atoms with Crippen molar-refractivity contribution in [3.05, 3.63) is 0 Å². The lowest BCUT2D eigenvalue weighted by Crippen LogP contribution is -2.80. The summed E-state index contributed by atoms with van der Waals surface area (Å²) in [5.41, 5.74) is 10.4. The predicted octanol–water partition coefficient (Wildman–Crippen LogP) is -1.39. The summed E-state index contributed by atoms with van der Waals surface area (Å²) in [6, 6.07) is 0. The van der Waals surface area contributed by atoms with E-state index in [1.165, 1.54) is 11.8 Å². The van der Waals surface area contributed by atoms with Gasteiger partial charge in [0.2, 0.25) is 0 Å². The highest BCUT2D eigenvalue weighted by atomic mass is 127. The standard InChI is InChI=1S/C3H7N3S2.HI/c1-8-3(5)6-2(4)7;/h1H3,(H4,4,5,6,7);1H/p+1. The van der Waals surface area contributed by atoms with Crippen molar-refractivity contribution in [3.63, 3.8) is 0 Å². The van der Waals surface area contributed by atoms with Gasteiger partial charge in [0.15, 0.2) is 0 Å². The summed E-state index contributed by atoms with van der Waals surface area (Å²) in [5.74, 6) is 0. The molecule has 0 unspecified atom stereocenters. The molecular formula is C3H9IN3S2+. The zero-order chi connectivity index (χ0) is 6.57. The van der Waals surface area contributed by atoms with E-state index in [9.17, 15) is 0 Å². The Kier molecular flexibility index (Phi) is 8.85. The third-order valence-electron chi connectivity index (χ3n) is 0.466. The number of hydrogen-bond acceptors (Lipinski definition) is 2. The first-order valence-corrected chi connectivity index (χ1v) is 3.53. The van der Waals surface area contributed by atoms with Gasteiger partial charge < -0.3 is 11.5 Å². The molecule has 0 bridgehead atoms. The van der Waals surface area contributed by atoms with Crippen molar-refractivity contribution in [2.24, 2.45) is 11.5 Å². The van der Waals surface area contributed by atoms with Crippen LogP contribution in [0.3, 0.4) is 0 Å². The van der Waals surface area contributed by atoms with Gasteiger partial charge in [-0.05, 0) is 18.5 Å². The highest BCUT2D eigenvalue weighted by Crippen LogP contribution is 1.80. The molecule has 0 aliphatic rings. The fourth-order valence-corrected chi connectivity index (χ4v) is 0.559. The van der Waals surface area contributed by atoms with E-state index >= 15 is 0 Å². The number of halogens is 1. The minimum atomic E-state index is 0. The normalized spacial score (nSPS) is 10.1. The summed E-state index contributed by atoms with van der Waals surface area (Å²) in [7, 11) is 0. The number of thiocarbonyl (C=S) groups is 1. The minimum Gasteiger partial charge on any atom is -0.313 e. The number of rotatable bonds is 0. The Balaban J connectivity index is 0. The van der Waals surface area contributed by atoms with Crippen LogP contribution in [0.2, 0.25) is 0 Å². The van der Waals surface area contributed by atoms with Crippen LogP contribution in [0.15, 0.2) is 0 Å². The fraction of sp³-hybridized carbons (Fsp3) is 0.333. The second kappa shape index (κ2) is 6.56. The summed E-state index contributed by atoms with van der Waals surface area (Å²) in [6.45, 7) is 0. The molecule has 0 saturated heterocycles. The van der Waals surface area contributed by atoms with Gasteiger partial charge in [0.1, 0.15) is 0 Å². The van der Waals surface area contributed by atoms with Gasteiger partial charge in [0, 0.05) is 0 Å². The second-order valence-corrected chi connectivity index (χ2v) is 2.35. The predicted molar refractivity (Wildman–Crippen MR) is 55.9 cm³/mol. The molecule has 0 aromatic heterocycles. The third kappa shape index (κ3) is 8.44. The Hall–Kier alpha value is 0.440. The van der Waals surface area contributed by atoms with Crippen LogP contribution in [-0.4, -0.2) is 16.5 Å². The van der Waals surface area contributed by atoms with E-state index in [1.807, 2.05) is 6.26 Å². The SMILES string of the molecule is CSC(N)=[NH+]C(N)=S.I. The lowest BCUT2D eigenvalue weighted by Gasteiger charge is -1.84. The Bertz CT molecular complexity index is 124. The maximum absolute atomic E-state index is 5.27. The highest BCUT2D eigenvalue weighted by Gasteiger charge is 1.90. The van der Waals surface area contributed by atoms with E-state index in [2.05, 4.69) is 17.2 Å². The van der Waals surface area contributed by atoms with Gasteiger partial charge in [-0.2, -0.15) is 0 Å². The molecule has 0 spiro atoms.